The number of hydrogen-bond acceptors (Lipinski definition) is 2. The van der Waals surface area contributed by atoms with Crippen LogP contribution in [0.4, 0.5) is 17.6 Å². The minimum Gasteiger partial charge on any atom is -0.334 e. The predicted octanol–water partition coefficient (Wildman–Crippen LogP) is 7.73. The summed E-state index contributed by atoms with van der Waals surface area (Å²) in [6.45, 7) is 6.37. The molecule has 1 aromatic heterocycles. The van der Waals surface area contributed by atoms with Crippen LogP contribution in [-0.2, 0) is 24.6 Å². The second kappa shape index (κ2) is 10.5. The summed E-state index contributed by atoms with van der Waals surface area (Å²) in [5, 5.41) is -0.493. The van der Waals surface area contributed by atoms with Gasteiger partial charge in [0, 0.05) is 19.3 Å². The zero-order chi connectivity index (χ0) is 26.0. The highest BCUT2D eigenvalue weighted by molar-refractivity contribution is 6.31. The van der Waals surface area contributed by atoms with Crippen LogP contribution in [0.5, 0.6) is 0 Å². The normalized spacial score (nSPS) is 12.0. The van der Waals surface area contributed by atoms with Crippen LogP contribution in [0.2, 0.25) is 10.2 Å². The molecule has 1 amide bonds. The van der Waals surface area contributed by atoms with Gasteiger partial charge in [0.2, 0.25) is 0 Å². The van der Waals surface area contributed by atoms with Crippen molar-refractivity contribution < 1.29 is 22.4 Å². The Labute approximate surface area is 211 Å². The monoisotopic (exact) mass is 526 g/mol. The number of halogens is 6. The van der Waals surface area contributed by atoms with Gasteiger partial charge in [0.25, 0.3) is 5.91 Å². The van der Waals surface area contributed by atoms with Gasteiger partial charge in [-0.1, -0.05) is 68.2 Å². The summed E-state index contributed by atoms with van der Waals surface area (Å²) in [6, 6.07) is 11.9. The molecule has 0 fully saturated rings. The van der Waals surface area contributed by atoms with Crippen molar-refractivity contribution >= 4 is 29.1 Å². The summed E-state index contributed by atoms with van der Waals surface area (Å²) in [5.41, 5.74) is 0.603. The Balaban J connectivity index is 1.95. The summed E-state index contributed by atoms with van der Waals surface area (Å²) in [4.78, 5) is 18.6. The van der Waals surface area contributed by atoms with Crippen LogP contribution < -0.4 is 0 Å². The molecule has 3 rings (SSSR count). The number of aromatic nitrogens is 1. The molecule has 0 atom stereocenters. The van der Waals surface area contributed by atoms with Crippen molar-refractivity contribution in [2.24, 2.45) is 0 Å². The van der Waals surface area contributed by atoms with Crippen LogP contribution >= 0.6 is 23.2 Å². The standard InChI is InChI=1S/C26H24Cl2F4N2O/c1-25(2,3)18-6-4-17(5-7-18)15-34(11-9-16-8-10-33-22(28)12-16)24(35)20-13-19(26(30,31)32)14-21(27)23(20)29/h4-8,10,12-14H,9,11,15H2,1-3H3. The average Bonchev–Trinajstić information content (AvgIpc) is 2.77. The van der Waals surface area contributed by atoms with Crippen LogP contribution in [0.15, 0.2) is 54.7 Å². The quantitative estimate of drug-likeness (QED) is 0.243. The van der Waals surface area contributed by atoms with Crippen molar-refractivity contribution in [2.75, 3.05) is 6.54 Å². The van der Waals surface area contributed by atoms with Gasteiger partial charge >= 0.3 is 6.18 Å². The Morgan fingerprint density at radius 2 is 1.60 bits per heavy atom. The van der Waals surface area contributed by atoms with Gasteiger partial charge in [-0.05, 0) is 52.8 Å². The van der Waals surface area contributed by atoms with Crippen molar-refractivity contribution in [3.05, 3.63) is 98.5 Å². The molecule has 3 nitrogen and oxygen atoms in total. The van der Waals surface area contributed by atoms with E-state index in [2.05, 4.69) is 25.8 Å². The lowest BCUT2D eigenvalue weighted by atomic mass is 9.87. The van der Waals surface area contributed by atoms with E-state index in [-0.39, 0.29) is 23.7 Å². The molecule has 35 heavy (non-hydrogen) atoms. The highest BCUT2D eigenvalue weighted by Gasteiger charge is 2.34. The maximum Gasteiger partial charge on any atom is 0.416 e. The molecule has 0 unspecified atom stereocenters. The summed E-state index contributed by atoms with van der Waals surface area (Å²) in [5.74, 6) is -2.08. The number of hydrogen-bond donors (Lipinski definition) is 0. The third-order valence-electron chi connectivity index (χ3n) is 5.53. The van der Waals surface area contributed by atoms with Gasteiger partial charge < -0.3 is 4.90 Å². The second-order valence-corrected chi connectivity index (χ2v) is 10.0. The van der Waals surface area contributed by atoms with Gasteiger partial charge in [-0.15, -0.1) is 0 Å². The Morgan fingerprint density at radius 1 is 0.943 bits per heavy atom. The number of rotatable bonds is 6. The number of nitrogens with zero attached hydrogens (tertiary/aromatic N) is 2. The summed E-state index contributed by atoms with van der Waals surface area (Å²) >= 11 is 11.7. The van der Waals surface area contributed by atoms with E-state index >= 15 is 0 Å². The first-order valence-electron chi connectivity index (χ1n) is 10.8. The number of amides is 1. The SMILES string of the molecule is CC(C)(C)c1ccc(CN(CCc2ccnc(Cl)c2)C(=O)c2cc(C(F)(F)F)cc(Cl)c2F)cc1. The molecule has 3 aromatic rings. The lowest BCUT2D eigenvalue weighted by Crippen LogP contribution is -2.33. The predicted molar refractivity (Wildman–Crippen MR) is 129 cm³/mol. The molecule has 0 bridgehead atoms. The van der Waals surface area contributed by atoms with E-state index in [1.165, 1.54) is 11.1 Å². The van der Waals surface area contributed by atoms with Gasteiger partial charge in [-0.25, -0.2) is 9.37 Å². The molecule has 0 aliphatic carbocycles. The molecule has 0 radical (unpaired) electrons. The number of benzene rings is 2. The topological polar surface area (TPSA) is 33.2 Å². The molecular weight excluding hydrogens is 503 g/mol. The Kier molecular flexibility index (Phi) is 8.12. The highest BCUT2D eigenvalue weighted by Crippen LogP contribution is 2.34. The zero-order valence-electron chi connectivity index (χ0n) is 19.4. The fraction of sp³-hybridized carbons (Fsp3) is 0.308. The Bertz CT molecular complexity index is 1210. The van der Waals surface area contributed by atoms with Crippen molar-refractivity contribution in [3.63, 3.8) is 0 Å². The average molecular weight is 527 g/mol. The third-order valence-corrected chi connectivity index (χ3v) is 6.01. The van der Waals surface area contributed by atoms with Crippen LogP contribution in [0, 0.1) is 5.82 Å². The highest BCUT2D eigenvalue weighted by atomic mass is 35.5. The third kappa shape index (κ3) is 6.95. The number of carbonyl (C=O) groups is 1. The smallest absolute Gasteiger partial charge is 0.334 e. The van der Waals surface area contributed by atoms with E-state index in [1.54, 1.807) is 12.1 Å². The van der Waals surface area contributed by atoms with Crippen molar-refractivity contribution in [2.45, 2.75) is 45.3 Å². The fourth-order valence-corrected chi connectivity index (χ4v) is 3.94. The van der Waals surface area contributed by atoms with Gasteiger partial charge in [0.15, 0.2) is 5.82 Å². The molecule has 0 aliphatic heterocycles. The zero-order valence-corrected chi connectivity index (χ0v) is 20.9. The number of pyridine rings is 1. The Morgan fingerprint density at radius 3 is 2.17 bits per heavy atom. The molecule has 0 saturated carbocycles. The van der Waals surface area contributed by atoms with Gasteiger partial charge in [-0.2, -0.15) is 13.2 Å². The van der Waals surface area contributed by atoms with Crippen LogP contribution in [0.3, 0.4) is 0 Å². The molecule has 0 saturated heterocycles. The van der Waals surface area contributed by atoms with Crippen LogP contribution in [0.1, 0.15) is 53.4 Å². The van der Waals surface area contributed by atoms with Gasteiger partial charge in [0.1, 0.15) is 5.15 Å². The largest absolute Gasteiger partial charge is 0.416 e. The van der Waals surface area contributed by atoms with E-state index in [0.29, 0.717) is 18.6 Å². The maximum atomic E-state index is 14.7. The minimum absolute atomic E-state index is 0.0649. The summed E-state index contributed by atoms with van der Waals surface area (Å²) in [7, 11) is 0. The molecular formula is C26H24Cl2F4N2O. The lowest BCUT2D eigenvalue weighted by Gasteiger charge is -2.25. The first-order chi connectivity index (χ1) is 16.3. The van der Waals surface area contributed by atoms with E-state index in [4.69, 9.17) is 23.2 Å². The molecule has 1 heterocycles. The Hall–Kier alpha value is -2.64. The van der Waals surface area contributed by atoms with Crippen LogP contribution in [0.25, 0.3) is 0 Å². The first kappa shape index (κ1) is 27.0. The number of carbonyl (C=O) groups excluding carboxylic acids is 1. The van der Waals surface area contributed by atoms with Crippen molar-refractivity contribution in [1.29, 1.82) is 0 Å². The maximum absolute atomic E-state index is 14.7. The number of alkyl halides is 3. The van der Waals surface area contributed by atoms with E-state index in [1.807, 2.05) is 24.3 Å². The minimum atomic E-state index is -4.78. The van der Waals surface area contributed by atoms with Crippen LogP contribution in [-0.4, -0.2) is 22.3 Å². The molecule has 0 aliphatic rings. The molecule has 0 N–H and O–H groups in total. The van der Waals surface area contributed by atoms with E-state index in [0.717, 1.165) is 16.7 Å². The van der Waals surface area contributed by atoms with Crippen molar-refractivity contribution in [3.8, 4) is 0 Å². The fourth-order valence-electron chi connectivity index (χ4n) is 3.52. The molecule has 0 spiro atoms. The van der Waals surface area contributed by atoms with Gasteiger partial charge in [-0.3, -0.25) is 4.79 Å². The summed E-state index contributed by atoms with van der Waals surface area (Å²) in [6.07, 6.45) is -2.93. The van der Waals surface area contributed by atoms with Crippen molar-refractivity contribution in [1.82, 2.24) is 9.88 Å². The molecule has 186 valence electrons. The van der Waals surface area contributed by atoms with E-state index in [9.17, 15) is 22.4 Å². The molecule has 9 heteroatoms. The first-order valence-corrected chi connectivity index (χ1v) is 11.6. The molecule has 2 aromatic carbocycles. The summed E-state index contributed by atoms with van der Waals surface area (Å²) < 4.78 is 54.7. The second-order valence-electron chi connectivity index (χ2n) is 9.23. The van der Waals surface area contributed by atoms with Gasteiger partial charge in [0.05, 0.1) is 16.1 Å². The van der Waals surface area contributed by atoms with E-state index < -0.39 is 34.1 Å². The lowest BCUT2D eigenvalue weighted by molar-refractivity contribution is -0.137.